The van der Waals surface area contributed by atoms with Gasteiger partial charge in [-0.2, -0.15) is 4.72 Å². The van der Waals surface area contributed by atoms with E-state index in [0.717, 1.165) is 32.1 Å². The Morgan fingerprint density at radius 3 is 2.47 bits per heavy atom. The van der Waals surface area contributed by atoms with Crippen molar-refractivity contribution in [1.82, 2.24) is 9.71 Å². The molecule has 4 saturated carbocycles. The van der Waals surface area contributed by atoms with Crippen LogP contribution in [0.15, 0.2) is 23.2 Å². The van der Waals surface area contributed by atoms with Crippen molar-refractivity contribution in [1.29, 1.82) is 0 Å². The van der Waals surface area contributed by atoms with Crippen LogP contribution in [-0.4, -0.2) is 30.6 Å². The molecule has 0 saturated heterocycles. The van der Waals surface area contributed by atoms with Crippen LogP contribution in [0.1, 0.15) is 58.8 Å². The number of rotatable bonds is 7. The molecule has 4 aliphatic rings. The summed E-state index contributed by atoms with van der Waals surface area (Å²) < 4.78 is 28.2. The topological polar surface area (TPSA) is 119 Å². The Hall–Kier alpha value is -1.51. The molecule has 4 bridgehead atoms. The van der Waals surface area contributed by atoms with Gasteiger partial charge in [0.05, 0.1) is 11.0 Å². The molecule has 9 heteroatoms. The van der Waals surface area contributed by atoms with Crippen molar-refractivity contribution in [3.8, 4) is 0 Å². The van der Waals surface area contributed by atoms with E-state index in [2.05, 4.69) is 9.71 Å². The molecule has 30 heavy (non-hydrogen) atoms. The van der Waals surface area contributed by atoms with Crippen LogP contribution in [-0.2, 0) is 19.6 Å². The lowest BCUT2D eigenvalue weighted by Gasteiger charge is -2.61. The molecule has 4 aliphatic carbocycles. The van der Waals surface area contributed by atoms with Crippen LogP contribution in [0.25, 0.3) is 0 Å². The largest absolute Gasteiger partial charge is 0.369 e. The SMILES string of the molecule is CC(C)(NS(=O)(=O)c1cccnc1Cl)C(=O)CC12CC3CC(C1)CC(C(N)=O)(C3)C2. The third-order valence-corrected chi connectivity index (χ3v) is 9.44. The van der Waals surface area contributed by atoms with Crippen molar-refractivity contribution in [2.24, 2.45) is 28.4 Å². The van der Waals surface area contributed by atoms with Crippen molar-refractivity contribution < 1.29 is 18.0 Å². The van der Waals surface area contributed by atoms with E-state index in [1.54, 1.807) is 13.8 Å². The van der Waals surface area contributed by atoms with Gasteiger partial charge in [-0.3, -0.25) is 9.59 Å². The second-order valence-corrected chi connectivity index (χ2v) is 12.2. The van der Waals surface area contributed by atoms with E-state index in [1.165, 1.54) is 18.3 Å². The summed E-state index contributed by atoms with van der Waals surface area (Å²) >= 11 is 5.95. The maximum atomic E-state index is 13.3. The first-order valence-corrected chi connectivity index (χ1v) is 12.2. The number of pyridine rings is 1. The quantitative estimate of drug-likeness (QED) is 0.615. The fraction of sp³-hybridized carbons (Fsp3) is 0.667. The molecule has 1 aromatic rings. The first kappa shape index (κ1) is 21.7. The number of Topliss-reactive ketones (excluding diaryl/α,β-unsaturated/α-hetero) is 1. The van der Waals surface area contributed by atoms with Crippen LogP contribution < -0.4 is 10.5 Å². The van der Waals surface area contributed by atoms with Crippen molar-refractivity contribution in [2.75, 3.05) is 0 Å². The number of carbonyl (C=O) groups is 2. The van der Waals surface area contributed by atoms with Crippen LogP contribution in [0.5, 0.6) is 0 Å². The van der Waals surface area contributed by atoms with Crippen LogP contribution in [0, 0.1) is 22.7 Å². The molecule has 1 amide bonds. The number of hydrogen-bond acceptors (Lipinski definition) is 5. The number of ketones is 1. The summed E-state index contributed by atoms with van der Waals surface area (Å²) in [5.74, 6) is 0.397. The summed E-state index contributed by atoms with van der Waals surface area (Å²) in [6.07, 6.45) is 6.83. The van der Waals surface area contributed by atoms with Gasteiger partial charge in [-0.1, -0.05) is 11.6 Å². The first-order valence-electron chi connectivity index (χ1n) is 10.3. The van der Waals surface area contributed by atoms with Crippen molar-refractivity contribution in [3.05, 3.63) is 23.5 Å². The summed E-state index contributed by atoms with van der Waals surface area (Å²) in [4.78, 5) is 29.3. The van der Waals surface area contributed by atoms with Gasteiger partial charge in [-0.05, 0) is 81.8 Å². The molecule has 164 valence electrons. The highest BCUT2D eigenvalue weighted by Gasteiger charge is 2.60. The van der Waals surface area contributed by atoms with Gasteiger partial charge < -0.3 is 5.73 Å². The number of aromatic nitrogens is 1. The molecule has 1 aromatic heterocycles. The van der Waals surface area contributed by atoms with Crippen molar-refractivity contribution >= 4 is 33.3 Å². The van der Waals surface area contributed by atoms with Crippen molar-refractivity contribution in [2.45, 2.75) is 69.2 Å². The fourth-order valence-electron chi connectivity index (χ4n) is 6.53. The average molecular weight is 454 g/mol. The number of nitrogens with one attached hydrogen (secondary N) is 1. The minimum atomic E-state index is -4.02. The Morgan fingerprint density at radius 2 is 1.90 bits per heavy atom. The maximum Gasteiger partial charge on any atom is 0.244 e. The van der Waals surface area contributed by atoms with E-state index in [4.69, 9.17) is 17.3 Å². The second-order valence-electron chi connectivity index (χ2n) is 10.2. The molecule has 0 aromatic carbocycles. The first-order chi connectivity index (χ1) is 13.9. The molecule has 3 N–H and O–H groups in total. The molecule has 0 radical (unpaired) electrons. The minimum absolute atomic E-state index is 0.141. The number of halogens is 1. The minimum Gasteiger partial charge on any atom is -0.369 e. The standard InChI is InChI=1S/C21H28ClN3O4S/c1-19(2,25-30(28,29)15-4-3-5-24-17(15)22)16(26)11-20-7-13-6-14(8-20)10-21(9-13,12-20)18(23)27/h3-5,13-14,25H,6-12H2,1-2H3,(H2,23,27). The number of sulfonamides is 1. The molecule has 1 heterocycles. The lowest BCUT2D eigenvalue weighted by atomic mass is 9.43. The highest BCUT2D eigenvalue weighted by molar-refractivity contribution is 7.89. The Bertz CT molecular complexity index is 993. The normalized spacial score (nSPS) is 32.9. The van der Waals surface area contributed by atoms with Gasteiger partial charge >= 0.3 is 0 Å². The Labute approximate surface area is 182 Å². The zero-order chi connectivity index (χ0) is 21.9. The maximum absolute atomic E-state index is 13.3. The molecule has 4 fully saturated rings. The highest BCUT2D eigenvalue weighted by Crippen LogP contribution is 2.66. The Morgan fingerprint density at radius 1 is 1.27 bits per heavy atom. The predicted octanol–water partition coefficient (Wildman–Crippen LogP) is 2.82. The third kappa shape index (κ3) is 3.67. The van der Waals surface area contributed by atoms with Gasteiger partial charge in [0.2, 0.25) is 15.9 Å². The van der Waals surface area contributed by atoms with Gasteiger partial charge in [0.1, 0.15) is 10.0 Å². The summed E-state index contributed by atoms with van der Waals surface area (Å²) in [5.41, 5.74) is 3.70. The summed E-state index contributed by atoms with van der Waals surface area (Å²) in [5, 5.41) is -0.141. The number of primary amides is 1. The van der Waals surface area contributed by atoms with E-state index in [0.29, 0.717) is 18.3 Å². The van der Waals surface area contributed by atoms with E-state index in [1.807, 2.05) is 0 Å². The van der Waals surface area contributed by atoms with Crippen molar-refractivity contribution in [3.63, 3.8) is 0 Å². The summed E-state index contributed by atoms with van der Waals surface area (Å²) in [7, 11) is -4.02. The summed E-state index contributed by atoms with van der Waals surface area (Å²) in [6.45, 7) is 3.14. The number of amides is 1. The average Bonchev–Trinajstić information content (AvgIpc) is 2.59. The van der Waals surface area contributed by atoms with E-state index in [9.17, 15) is 18.0 Å². The van der Waals surface area contributed by atoms with Gasteiger partial charge in [-0.25, -0.2) is 13.4 Å². The van der Waals surface area contributed by atoms with Gasteiger partial charge in [-0.15, -0.1) is 0 Å². The third-order valence-electron chi connectivity index (χ3n) is 7.34. The van der Waals surface area contributed by atoms with E-state index < -0.39 is 21.0 Å². The second kappa shape index (κ2) is 7.00. The predicted molar refractivity (Wildman–Crippen MR) is 112 cm³/mol. The molecule has 7 nitrogen and oxygen atoms in total. The monoisotopic (exact) mass is 453 g/mol. The Balaban J connectivity index is 1.55. The molecule has 0 aliphatic heterocycles. The molecule has 5 rings (SSSR count). The zero-order valence-electron chi connectivity index (χ0n) is 17.3. The van der Waals surface area contributed by atoms with Crippen LogP contribution >= 0.6 is 11.6 Å². The van der Waals surface area contributed by atoms with Crippen LogP contribution in [0.4, 0.5) is 0 Å². The van der Waals surface area contributed by atoms with Gasteiger partial charge in [0, 0.05) is 12.6 Å². The molecule has 0 spiro atoms. The molecule has 2 atom stereocenters. The highest BCUT2D eigenvalue weighted by atomic mass is 35.5. The fourth-order valence-corrected chi connectivity index (χ4v) is 8.38. The number of hydrogen-bond donors (Lipinski definition) is 2. The molecule has 2 unspecified atom stereocenters. The molecular formula is C21H28ClN3O4S. The van der Waals surface area contributed by atoms with E-state index in [-0.39, 0.29) is 33.6 Å². The number of carbonyl (C=O) groups excluding carboxylic acids is 2. The van der Waals surface area contributed by atoms with Gasteiger partial charge in [0.15, 0.2) is 5.78 Å². The zero-order valence-corrected chi connectivity index (χ0v) is 18.9. The van der Waals surface area contributed by atoms with E-state index >= 15 is 0 Å². The van der Waals surface area contributed by atoms with Gasteiger partial charge in [0.25, 0.3) is 0 Å². The Kier molecular flexibility index (Phi) is 5.07. The summed E-state index contributed by atoms with van der Waals surface area (Å²) in [6, 6.07) is 2.84. The smallest absolute Gasteiger partial charge is 0.244 e. The molecular weight excluding hydrogens is 426 g/mol. The van der Waals surface area contributed by atoms with Crippen LogP contribution in [0.3, 0.4) is 0 Å². The number of nitrogens with two attached hydrogens (primary N) is 1. The lowest BCUT2D eigenvalue weighted by molar-refractivity contribution is -0.158. The van der Waals surface area contributed by atoms with Crippen LogP contribution in [0.2, 0.25) is 5.15 Å². The lowest BCUT2D eigenvalue weighted by Crippen LogP contribution is -2.58. The number of nitrogens with zero attached hydrogens (tertiary/aromatic N) is 1.